The Balaban J connectivity index is 0.000000992. The highest BCUT2D eigenvalue weighted by Gasteiger charge is 2.32. The molecule has 3 unspecified atom stereocenters. The number of ketones is 3. The molecule has 11 nitrogen and oxygen atoms in total. The summed E-state index contributed by atoms with van der Waals surface area (Å²) in [5.41, 5.74) is 10.0. The number of benzene rings is 3. The van der Waals surface area contributed by atoms with Gasteiger partial charge in [0.15, 0.2) is 11.6 Å². The van der Waals surface area contributed by atoms with Crippen LogP contribution in [0.25, 0.3) is 0 Å². The number of nitrogens with one attached hydrogen (secondary N) is 3. The SMILES string of the molecule is C=C(N[C@@H](Cc1ccccc1)C(C)=O)[C@@H](C)C(C)CC.C=CCCC(=O)[C@@H](N)Cc1ccccc1.CCC(C)[C@H](C)C(=O)O.CCC(C)[C@H](NC(=O)C1CCCC1)C(=O)N[C@@H](Cc1ccccc1)C(C)=O.Cl. The highest BCUT2D eigenvalue weighted by atomic mass is 35.5. The first-order chi connectivity index (χ1) is 33.7. The number of carboxylic acid groups (broad SMARTS) is 1. The Labute approximate surface area is 439 Å². The maximum Gasteiger partial charge on any atom is 0.306 e. The third-order valence-electron chi connectivity index (χ3n) is 14.0. The molecule has 72 heavy (non-hydrogen) atoms. The second kappa shape index (κ2) is 37.4. The number of carbonyl (C=O) groups is 6. The molecule has 0 saturated heterocycles. The van der Waals surface area contributed by atoms with E-state index in [4.69, 9.17) is 10.8 Å². The molecule has 0 radical (unpaired) electrons. The molecule has 6 N–H and O–H groups in total. The molecular weight excluding hydrogens is 924 g/mol. The summed E-state index contributed by atoms with van der Waals surface area (Å²) >= 11 is 0. The normalized spacial score (nSPS) is 15.5. The molecule has 0 spiro atoms. The minimum Gasteiger partial charge on any atom is -0.481 e. The first kappa shape index (κ1) is 66.6. The van der Waals surface area contributed by atoms with E-state index in [2.05, 4.69) is 62.0 Å². The fraction of sp³-hybridized carbons (Fsp3) is 0.533. The monoisotopic (exact) mass is 1010 g/mol. The summed E-state index contributed by atoms with van der Waals surface area (Å²) in [4.78, 5) is 71.2. The van der Waals surface area contributed by atoms with Crippen LogP contribution in [0.4, 0.5) is 0 Å². The Bertz CT molecular complexity index is 2040. The van der Waals surface area contributed by atoms with Gasteiger partial charge in [-0.2, -0.15) is 0 Å². The lowest BCUT2D eigenvalue weighted by Gasteiger charge is -2.27. The summed E-state index contributed by atoms with van der Waals surface area (Å²) < 4.78 is 0. The van der Waals surface area contributed by atoms with Crippen LogP contribution in [0.1, 0.15) is 144 Å². The highest BCUT2D eigenvalue weighted by Crippen LogP contribution is 2.25. The largest absolute Gasteiger partial charge is 0.481 e. The number of Topliss-reactive ketones (excluding diaryl/α,β-unsaturated/α-hetero) is 3. The van der Waals surface area contributed by atoms with Gasteiger partial charge < -0.3 is 26.8 Å². The van der Waals surface area contributed by atoms with E-state index in [1.165, 1.54) is 12.5 Å². The number of hydrogen-bond acceptors (Lipinski definition) is 8. The molecule has 12 heteroatoms. The van der Waals surface area contributed by atoms with Crippen LogP contribution in [-0.4, -0.2) is 64.4 Å². The second-order valence-corrected chi connectivity index (χ2v) is 19.5. The van der Waals surface area contributed by atoms with Gasteiger partial charge in [0.05, 0.1) is 24.0 Å². The molecule has 1 saturated carbocycles. The Morgan fingerprint density at radius 2 is 1.04 bits per heavy atom. The van der Waals surface area contributed by atoms with Crippen LogP contribution in [0.5, 0.6) is 0 Å². The first-order valence-corrected chi connectivity index (χ1v) is 26.0. The Morgan fingerprint density at radius 3 is 1.42 bits per heavy atom. The molecule has 1 aliphatic rings. The van der Waals surface area contributed by atoms with Gasteiger partial charge in [0.1, 0.15) is 11.8 Å². The zero-order valence-corrected chi connectivity index (χ0v) is 46.1. The number of halogens is 1. The molecule has 4 rings (SSSR count). The highest BCUT2D eigenvalue weighted by molar-refractivity contribution is 5.92. The van der Waals surface area contributed by atoms with Gasteiger partial charge in [-0.25, -0.2) is 0 Å². The van der Waals surface area contributed by atoms with Gasteiger partial charge in [0.2, 0.25) is 11.8 Å². The third kappa shape index (κ3) is 26.3. The van der Waals surface area contributed by atoms with Gasteiger partial charge in [0, 0.05) is 18.0 Å². The smallest absolute Gasteiger partial charge is 0.306 e. The van der Waals surface area contributed by atoms with E-state index in [9.17, 15) is 28.8 Å². The lowest BCUT2D eigenvalue weighted by Crippen LogP contribution is -2.55. The van der Waals surface area contributed by atoms with Crippen molar-refractivity contribution < 1.29 is 33.9 Å². The lowest BCUT2D eigenvalue weighted by atomic mass is 9.90. The van der Waals surface area contributed by atoms with E-state index in [1.807, 2.05) is 107 Å². The Hall–Kier alpha value is -5.39. The zero-order chi connectivity index (χ0) is 53.5. The molecule has 1 aliphatic carbocycles. The van der Waals surface area contributed by atoms with Crippen molar-refractivity contribution in [3.8, 4) is 0 Å². The average molecular weight is 1020 g/mol. The maximum absolute atomic E-state index is 12.9. The van der Waals surface area contributed by atoms with Crippen molar-refractivity contribution >= 4 is 47.5 Å². The van der Waals surface area contributed by atoms with Crippen LogP contribution in [-0.2, 0) is 48.0 Å². The van der Waals surface area contributed by atoms with E-state index in [1.54, 1.807) is 19.9 Å². The van der Waals surface area contributed by atoms with Gasteiger partial charge in [-0.15, -0.1) is 19.0 Å². The minimum absolute atomic E-state index is 0. The predicted molar refractivity (Wildman–Crippen MR) is 298 cm³/mol. The number of carboxylic acids is 1. The fourth-order valence-corrected chi connectivity index (χ4v) is 7.78. The van der Waals surface area contributed by atoms with Gasteiger partial charge in [-0.05, 0) is 92.7 Å². The van der Waals surface area contributed by atoms with Crippen molar-refractivity contribution in [2.24, 2.45) is 41.2 Å². The topological polar surface area (TPSA) is 185 Å². The maximum atomic E-state index is 12.9. The molecule has 0 aliphatic heterocycles. The molecule has 2 amide bonds. The van der Waals surface area contributed by atoms with Crippen molar-refractivity contribution in [2.45, 2.75) is 170 Å². The standard InChI is InChI=1S/C22H32N2O3.C18H27NO.C13H17NO.C7H14O2.ClH/c1-4-15(2)20(24-21(26)18-12-8-9-13-18)22(27)23-19(16(3)25)14-17-10-6-5-7-11-17;1-6-13(2)14(3)15(4)19-18(16(5)20)12-17-10-8-7-9-11-17;1-2-3-9-13(15)12(14)10-11-7-5-4-6-8-11;1-4-5(2)6(3)7(8)9;/h5-7,10-11,15,18-20H,4,8-9,12-14H2,1-3H3,(H,23,27)(H,24,26);7-11,13-14,18-19H,4,6,12H2,1-3,5H3;2,4-8,12H,1,3,9-10,14H2;5-6H,4H2,1-3H3,(H,8,9);1H/t15?,19-,20-;13?,14-,18-;12-;5?,6-;/m0000./s1. The lowest BCUT2D eigenvalue weighted by molar-refractivity contribution is -0.142. The third-order valence-corrected chi connectivity index (χ3v) is 14.0. The van der Waals surface area contributed by atoms with Crippen molar-refractivity contribution in [1.29, 1.82) is 0 Å². The van der Waals surface area contributed by atoms with Gasteiger partial charge in [-0.3, -0.25) is 28.8 Å². The summed E-state index contributed by atoms with van der Waals surface area (Å²) in [7, 11) is 0. The number of amides is 2. The number of rotatable bonds is 26. The van der Waals surface area contributed by atoms with Crippen LogP contribution in [0.3, 0.4) is 0 Å². The van der Waals surface area contributed by atoms with Crippen LogP contribution in [0.2, 0.25) is 0 Å². The molecule has 0 aromatic heterocycles. The predicted octanol–water partition coefficient (Wildman–Crippen LogP) is 11.3. The number of carbonyl (C=O) groups excluding carboxylic acids is 5. The summed E-state index contributed by atoms with van der Waals surface area (Å²) in [5, 5.41) is 17.6. The van der Waals surface area contributed by atoms with Gasteiger partial charge in [-0.1, -0.05) is 191 Å². The molecular formula is C60H91ClN4O7. The fourth-order valence-electron chi connectivity index (χ4n) is 7.78. The van der Waals surface area contributed by atoms with Crippen LogP contribution >= 0.6 is 12.4 Å². The van der Waals surface area contributed by atoms with E-state index in [-0.39, 0.29) is 71.4 Å². The van der Waals surface area contributed by atoms with E-state index < -0.39 is 18.1 Å². The van der Waals surface area contributed by atoms with Crippen LogP contribution < -0.4 is 21.7 Å². The van der Waals surface area contributed by atoms with Crippen molar-refractivity contribution in [3.05, 3.63) is 133 Å². The Kier molecular flexibility index (Phi) is 34.6. The number of allylic oxidation sites excluding steroid dienone is 2. The van der Waals surface area contributed by atoms with Gasteiger partial charge in [0.25, 0.3) is 0 Å². The molecule has 1 fully saturated rings. The van der Waals surface area contributed by atoms with Crippen molar-refractivity contribution in [1.82, 2.24) is 16.0 Å². The number of nitrogens with two attached hydrogens (primary N) is 1. The quantitative estimate of drug-likeness (QED) is 0.0488. The molecule has 400 valence electrons. The zero-order valence-electron chi connectivity index (χ0n) is 45.3. The van der Waals surface area contributed by atoms with Gasteiger partial charge >= 0.3 is 5.97 Å². The number of aliphatic carboxylic acids is 1. The molecule has 3 aromatic carbocycles. The molecule has 0 heterocycles. The van der Waals surface area contributed by atoms with Crippen LogP contribution in [0.15, 0.2) is 116 Å². The minimum atomic E-state index is -0.690. The second-order valence-electron chi connectivity index (χ2n) is 19.5. The van der Waals surface area contributed by atoms with E-state index >= 15 is 0 Å². The summed E-state index contributed by atoms with van der Waals surface area (Å²) in [6, 6.07) is 27.8. The average Bonchev–Trinajstić information content (AvgIpc) is 3.92. The molecule has 0 bridgehead atoms. The molecule has 3 aromatic rings. The van der Waals surface area contributed by atoms with E-state index in [0.717, 1.165) is 61.8 Å². The Morgan fingerprint density at radius 1 is 0.639 bits per heavy atom. The van der Waals surface area contributed by atoms with Crippen LogP contribution in [0, 0.1) is 35.5 Å². The summed E-state index contributed by atoms with van der Waals surface area (Å²) in [5.74, 6) is 0.236. The number of hydrogen-bond donors (Lipinski definition) is 5. The van der Waals surface area contributed by atoms with Crippen molar-refractivity contribution in [2.75, 3.05) is 0 Å². The summed E-state index contributed by atoms with van der Waals surface area (Å²) in [6.45, 7) is 27.1. The summed E-state index contributed by atoms with van der Waals surface area (Å²) in [6.07, 6.45) is 11.5. The molecule has 9 atom stereocenters. The first-order valence-electron chi connectivity index (χ1n) is 26.0. The van der Waals surface area contributed by atoms with E-state index in [0.29, 0.717) is 49.9 Å². The van der Waals surface area contributed by atoms with Crippen molar-refractivity contribution in [3.63, 3.8) is 0 Å².